The van der Waals surface area contributed by atoms with E-state index in [9.17, 15) is 4.79 Å². The van der Waals surface area contributed by atoms with E-state index in [0.29, 0.717) is 23.7 Å². The van der Waals surface area contributed by atoms with Crippen LogP contribution >= 0.6 is 0 Å². The average molecular weight is 288 g/mol. The minimum atomic E-state index is -1.07. The molecule has 1 aromatic carbocycles. The standard InChI is InChI=1S/C15H16N2O4/c1-20-11-6-5-10(13(8-11)21-2)9-17-12-4-3-7-16-14(12)15(18)19/h3-8,17H,9H2,1-2H3,(H,18,19). The molecule has 0 saturated carbocycles. The fourth-order valence-electron chi connectivity index (χ4n) is 1.91. The summed E-state index contributed by atoms with van der Waals surface area (Å²) in [5, 5.41) is 12.1. The van der Waals surface area contributed by atoms with Crippen molar-refractivity contribution in [2.24, 2.45) is 0 Å². The lowest BCUT2D eigenvalue weighted by Gasteiger charge is -2.12. The number of carbonyl (C=O) groups is 1. The molecule has 0 amide bonds. The highest BCUT2D eigenvalue weighted by molar-refractivity contribution is 5.91. The first-order chi connectivity index (χ1) is 10.2. The predicted octanol–water partition coefficient (Wildman–Crippen LogP) is 2.41. The van der Waals surface area contributed by atoms with Crippen LogP contribution < -0.4 is 14.8 Å². The Morgan fingerprint density at radius 3 is 2.76 bits per heavy atom. The highest BCUT2D eigenvalue weighted by atomic mass is 16.5. The summed E-state index contributed by atoms with van der Waals surface area (Å²) in [6.07, 6.45) is 1.45. The second-order valence-corrected chi connectivity index (χ2v) is 4.24. The Hall–Kier alpha value is -2.76. The van der Waals surface area contributed by atoms with Gasteiger partial charge in [0.15, 0.2) is 5.69 Å². The summed E-state index contributed by atoms with van der Waals surface area (Å²) in [4.78, 5) is 14.9. The van der Waals surface area contributed by atoms with Crippen LogP contribution in [0.1, 0.15) is 16.1 Å². The molecule has 0 spiro atoms. The van der Waals surface area contributed by atoms with Crippen LogP contribution in [0, 0.1) is 0 Å². The van der Waals surface area contributed by atoms with Gasteiger partial charge in [-0.3, -0.25) is 0 Å². The summed E-state index contributed by atoms with van der Waals surface area (Å²) < 4.78 is 10.4. The lowest BCUT2D eigenvalue weighted by Crippen LogP contribution is -2.08. The van der Waals surface area contributed by atoms with E-state index in [-0.39, 0.29) is 5.69 Å². The Labute approximate surface area is 122 Å². The van der Waals surface area contributed by atoms with E-state index in [1.807, 2.05) is 12.1 Å². The third-order valence-electron chi connectivity index (χ3n) is 2.97. The van der Waals surface area contributed by atoms with Gasteiger partial charge in [-0.05, 0) is 24.3 Å². The number of carboxylic acid groups (broad SMARTS) is 1. The first-order valence-corrected chi connectivity index (χ1v) is 6.28. The van der Waals surface area contributed by atoms with Crippen LogP contribution in [0.15, 0.2) is 36.5 Å². The summed E-state index contributed by atoms with van der Waals surface area (Å²) in [6, 6.07) is 8.81. The lowest BCUT2D eigenvalue weighted by atomic mass is 10.2. The van der Waals surface area contributed by atoms with Crippen molar-refractivity contribution in [3.63, 3.8) is 0 Å². The van der Waals surface area contributed by atoms with Crippen LogP contribution in [-0.4, -0.2) is 30.3 Å². The van der Waals surface area contributed by atoms with E-state index in [1.54, 1.807) is 32.4 Å². The Morgan fingerprint density at radius 1 is 1.29 bits per heavy atom. The zero-order valence-electron chi connectivity index (χ0n) is 11.8. The number of ether oxygens (including phenoxy) is 2. The topological polar surface area (TPSA) is 80.7 Å². The fourth-order valence-corrected chi connectivity index (χ4v) is 1.91. The predicted molar refractivity (Wildman–Crippen MR) is 78.1 cm³/mol. The fraction of sp³-hybridized carbons (Fsp3) is 0.200. The molecule has 0 saturated heterocycles. The van der Waals surface area contributed by atoms with Gasteiger partial charge in [-0.1, -0.05) is 0 Å². The molecule has 0 radical (unpaired) electrons. The summed E-state index contributed by atoms with van der Waals surface area (Å²) in [7, 11) is 3.16. The molecule has 0 fully saturated rings. The molecular weight excluding hydrogens is 272 g/mol. The molecule has 6 nitrogen and oxygen atoms in total. The van der Waals surface area contributed by atoms with Gasteiger partial charge in [0.05, 0.1) is 19.9 Å². The molecular formula is C15H16N2O4. The SMILES string of the molecule is COc1ccc(CNc2cccnc2C(=O)O)c(OC)c1. The van der Waals surface area contributed by atoms with Crippen molar-refractivity contribution in [1.82, 2.24) is 4.98 Å². The molecule has 0 aliphatic carbocycles. The van der Waals surface area contributed by atoms with Gasteiger partial charge in [-0.15, -0.1) is 0 Å². The Morgan fingerprint density at radius 2 is 2.10 bits per heavy atom. The molecule has 110 valence electrons. The van der Waals surface area contributed by atoms with E-state index < -0.39 is 5.97 Å². The maximum absolute atomic E-state index is 11.1. The number of nitrogens with one attached hydrogen (secondary N) is 1. The van der Waals surface area contributed by atoms with Crippen LogP contribution in [0.4, 0.5) is 5.69 Å². The van der Waals surface area contributed by atoms with Crippen molar-refractivity contribution >= 4 is 11.7 Å². The molecule has 2 rings (SSSR count). The van der Waals surface area contributed by atoms with Crippen molar-refractivity contribution in [1.29, 1.82) is 0 Å². The molecule has 0 atom stereocenters. The third kappa shape index (κ3) is 3.42. The van der Waals surface area contributed by atoms with E-state index >= 15 is 0 Å². The van der Waals surface area contributed by atoms with Crippen molar-refractivity contribution in [3.8, 4) is 11.5 Å². The average Bonchev–Trinajstić information content (AvgIpc) is 2.52. The summed E-state index contributed by atoms with van der Waals surface area (Å²) >= 11 is 0. The Kier molecular flexibility index (Phi) is 4.61. The van der Waals surface area contributed by atoms with Gasteiger partial charge in [0.2, 0.25) is 0 Å². The third-order valence-corrected chi connectivity index (χ3v) is 2.97. The van der Waals surface area contributed by atoms with Crippen LogP contribution in [0.5, 0.6) is 11.5 Å². The number of methoxy groups -OCH3 is 2. The molecule has 2 aromatic rings. The number of aromatic carboxylic acids is 1. The van der Waals surface area contributed by atoms with E-state index in [1.165, 1.54) is 6.20 Å². The molecule has 0 unspecified atom stereocenters. The summed E-state index contributed by atoms with van der Waals surface area (Å²) in [5.41, 5.74) is 1.34. The maximum atomic E-state index is 11.1. The number of hydrogen-bond acceptors (Lipinski definition) is 5. The summed E-state index contributed by atoms with van der Waals surface area (Å²) in [6.45, 7) is 0.416. The number of hydrogen-bond donors (Lipinski definition) is 2. The molecule has 1 aromatic heterocycles. The zero-order chi connectivity index (χ0) is 15.2. The lowest BCUT2D eigenvalue weighted by molar-refractivity contribution is 0.0691. The molecule has 21 heavy (non-hydrogen) atoms. The van der Waals surface area contributed by atoms with Crippen molar-refractivity contribution in [2.75, 3.05) is 19.5 Å². The van der Waals surface area contributed by atoms with E-state index in [2.05, 4.69) is 10.3 Å². The van der Waals surface area contributed by atoms with E-state index in [4.69, 9.17) is 14.6 Å². The van der Waals surface area contributed by atoms with Gasteiger partial charge >= 0.3 is 5.97 Å². The van der Waals surface area contributed by atoms with Crippen LogP contribution in [0.2, 0.25) is 0 Å². The van der Waals surface area contributed by atoms with Crippen molar-refractivity contribution in [3.05, 3.63) is 47.8 Å². The van der Waals surface area contributed by atoms with Crippen LogP contribution in [0.3, 0.4) is 0 Å². The number of carboxylic acids is 1. The number of rotatable bonds is 6. The number of anilines is 1. The van der Waals surface area contributed by atoms with Gasteiger partial charge in [-0.2, -0.15) is 0 Å². The second-order valence-electron chi connectivity index (χ2n) is 4.24. The van der Waals surface area contributed by atoms with Gasteiger partial charge in [0, 0.05) is 24.4 Å². The summed E-state index contributed by atoms with van der Waals surface area (Å²) in [5.74, 6) is 0.297. The monoisotopic (exact) mass is 288 g/mol. The molecule has 6 heteroatoms. The second kappa shape index (κ2) is 6.60. The quantitative estimate of drug-likeness (QED) is 0.849. The van der Waals surface area contributed by atoms with Crippen LogP contribution in [0.25, 0.3) is 0 Å². The molecule has 1 heterocycles. The largest absolute Gasteiger partial charge is 0.497 e. The van der Waals surface area contributed by atoms with Gasteiger partial charge in [0.25, 0.3) is 0 Å². The zero-order valence-corrected chi connectivity index (χ0v) is 11.8. The highest BCUT2D eigenvalue weighted by Crippen LogP contribution is 2.25. The smallest absolute Gasteiger partial charge is 0.356 e. The normalized spacial score (nSPS) is 10.0. The number of nitrogens with zero attached hydrogens (tertiary/aromatic N) is 1. The number of pyridine rings is 1. The molecule has 2 N–H and O–H groups in total. The maximum Gasteiger partial charge on any atom is 0.356 e. The van der Waals surface area contributed by atoms with Crippen molar-refractivity contribution in [2.45, 2.75) is 6.54 Å². The molecule has 0 aliphatic heterocycles. The van der Waals surface area contributed by atoms with Crippen LogP contribution in [-0.2, 0) is 6.54 Å². The van der Waals surface area contributed by atoms with Gasteiger partial charge in [0.1, 0.15) is 11.5 Å². The van der Waals surface area contributed by atoms with Crippen molar-refractivity contribution < 1.29 is 19.4 Å². The molecule has 0 aliphatic rings. The first-order valence-electron chi connectivity index (χ1n) is 6.28. The Bertz CT molecular complexity index is 643. The number of benzene rings is 1. The Balaban J connectivity index is 2.19. The minimum Gasteiger partial charge on any atom is -0.497 e. The van der Waals surface area contributed by atoms with Gasteiger partial charge < -0.3 is 19.9 Å². The minimum absolute atomic E-state index is 0.00928. The highest BCUT2D eigenvalue weighted by Gasteiger charge is 2.11. The molecule has 0 bridgehead atoms. The number of aromatic nitrogens is 1. The van der Waals surface area contributed by atoms with Gasteiger partial charge in [-0.25, -0.2) is 9.78 Å². The first kappa shape index (κ1) is 14.6. The van der Waals surface area contributed by atoms with E-state index in [0.717, 1.165) is 5.56 Å².